The summed E-state index contributed by atoms with van der Waals surface area (Å²) in [5.74, 6) is 0.833. The first kappa shape index (κ1) is 31.1. The standard InChI is InChI=1S/C47H32FN3OSi/c48-46(33-15-11-14-32(28-33)40-23-9-10-26-49-40)34-16-12-17-35(29-34)51-41-31-43-39(38-22-7-8-24-42(38)52-43)30-45(41)53(36-18-3-1-4-19-36,37-20-5-2-6-21-37)44-25-13-27-50-47(44)51/h1-31,46H. The maximum absolute atomic E-state index is 16.7. The Labute approximate surface area is 307 Å². The van der Waals surface area contributed by atoms with Gasteiger partial charge in [0, 0.05) is 40.5 Å². The number of pyridine rings is 2. The van der Waals surface area contributed by atoms with Crippen molar-refractivity contribution >= 4 is 68.0 Å². The van der Waals surface area contributed by atoms with Gasteiger partial charge in [-0.25, -0.2) is 9.37 Å². The zero-order valence-electron chi connectivity index (χ0n) is 28.6. The van der Waals surface area contributed by atoms with E-state index in [1.807, 2.05) is 91.1 Å². The van der Waals surface area contributed by atoms with Crippen LogP contribution in [0.2, 0.25) is 0 Å². The SMILES string of the molecule is FC(c1cccc(-c2ccccn2)c1)c1cccc(N2c3cc4oc5ccccc5c4cc3[Si](c3ccccc3)(c3ccccc3)c3cccnc32)c1. The summed E-state index contributed by atoms with van der Waals surface area (Å²) in [5.41, 5.74) is 6.26. The quantitative estimate of drug-likeness (QED) is 0.162. The molecule has 4 nitrogen and oxygen atoms in total. The number of benzene rings is 6. The Morgan fingerprint density at radius 1 is 0.528 bits per heavy atom. The molecule has 9 aromatic rings. The first-order valence-electron chi connectivity index (χ1n) is 17.8. The second kappa shape index (κ2) is 12.5. The van der Waals surface area contributed by atoms with Crippen molar-refractivity contribution in [3.8, 4) is 11.3 Å². The van der Waals surface area contributed by atoms with E-state index in [1.165, 1.54) is 20.7 Å². The highest BCUT2D eigenvalue weighted by Crippen LogP contribution is 2.42. The molecule has 53 heavy (non-hydrogen) atoms. The van der Waals surface area contributed by atoms with Gasteiger partial charge < -0.3 is 4.42 Å². The predicted octanol–water partition coefficient (Wildman–Crippen LogP) is 9.26. The summed E-state index contributed by atoms with van der Waals surface area (Å²) >= 11 is 0. The number of fused-ring (bicyclic) bond motifs is 5. The molecule has 0 saturated heterocycles. The third-order valence-corrected chi connectivity index (χ3v) is 15.3. The Bertz CT molecular complexity index is 2730. The van der Waals surface area contributed by atoms with Crippen LogP contribution in [0, 0.1) is 0 Å². The van der Waals surface area contributed by atoms with Gasteiger partial charge in [-0.2, -0.15) is 0 Å². The van der Waals surface area contributed by atoms with E-state index < -0.39 is 14.2 Å². The Morgan fingerprint density at radius 3 is 2.00 bits per heavy atom. The molecule has 252 valence electrons. The van der Waals surface area contributed by atoms with Crippen molar-refractivity contribution in [2.24, 2.45) is 0 Å². The molecule has 6 heteroatoms. The summed E-state index contributed by atoms with van der Waals surface area (Å²) in [6, 6.07) is 60.0. The van der Waals surface area contributed by atoms with Crippen molar-refractivity contribution in [1.82, 2.24) is 9.97 Å². The average Bonchev–Trinajstić information content (AvgIpc) is 3.60. The molecule has 4 heterocycles. The third-order valence-electron chi connectivity index (χ3n) is 10.5. The largest absolute Gasteiger partial charge is 0.456 e. The normalized spacial score (nSPS) is 13.8. The number of rotatable bonds is 6. The molecule has 1 aliphatic heterocycles. The third kappa shape index (κ3) is 4.94. The van der Waals surface area contributed by atoms with Gasteiger partial charge >= 0.3 is 0 Å². The summed E-state index contributed by atoms with van der Waals surface area (Å²) in [6.07, 6.45) is 2.26. The van der Waals surface area contributed by atoms with E-state index in [1.54, 1.807) is 6.20 Å². The molecule has 6 aromatic carbocycles. The van der Waals surface area contributed by atoms with Crippen molar-refractivity contribution in [2.75, 3.05) is 4.90 Å². The van der Waals surface area contributed by atoms with Crippen molar-refractivity contribution in [1.29, 1.82) is 0 Å². The monoisotopic (exact) mass is 701 g/mol. The van der Waals surface area contributed by atoms with Crippen LogP contribution in [0.4, 0.5) is 21.6 Å². The lowest BCUT2D eigenvalue weighted by molar-refractivity contribution is 0.402. The van der Waals surface area contributed by atoms with Crippen LogP contribution in [0.5, 0.6) is 0 Å². The van der Waals surface area contributed by atoms with E-state index in [9.17, 15) is 0 Å². The second-order valence-electron chi connectivity index (χ2n) is 13.5. The molecule has 0 fully saturated rings. The fourth-order valence-corrected chi connectivity index (χ4v) is 13.2. The molecule has 1 aliphatic rings. The highest BCUT2D eigenvalue weighted by Gasteiger charge is 2.50. The van der Waals surface area contributed by atoms with E-state index in [2.05, 4.69) is 101 Å². The molecule has 0 N–H and O–H groups in total. The number of nitrogens with zero attached hydrogens (tertiary/aromatic N) is 3. The maximum atomic E-state index is 16.7. The number of alkyl halides is 1. The van der Waals surface area contributed by atoms with Crippen molar-refractivity contribution in [3.63, 3.8) is 0 Å². The van der Waals surface area contributed by atoms with Gasteiger partial charge in [0.15, 0.2) is 14.2 Å². The van der Waals surface area contributed by atoms with Gasteiger partial charge in [0.25, 0.3) is 0 Å². The molecule has 3 aromatic heterocycles. The summed E-state index contributed by atoms with van der Waals surface area (Å²) in [7, 11) is -2.98. The predicted molar refractivity (Wildman–Crippen MR) is 216 cm³/mol. The fourth-order valence-electron chi connectivity index (χ4n) is 8.20. The molecule has 1 atom stereocenters. The minimum Gasteiger partial charge on any atom is -0.456 e. The zero-order valence-corrected chi connectivity index (χ0v) is 29.6. The van der Waals surface area contributed by atoms with E-state index >= 15 is 4.39 Å². The average molecular weight is 702 g/mol. The number of furan rings is 1. The summed E-state index contributed by atoms with van der Waals surface area (Å²) in [6.45, 7) is 0. The molecule has 0 aliphatic carbocycles. The topological polar surface area (TPSA) is 42.2 Å². The van der Waals surface area contributed by atoms with Crippen LogP contribution in [0.15, 0.2) is 193 Å². The molecular weight excluding hydrogens is 670 g/mol. The number of hydrogen-bond donors (Lipinski definition) is 0. The van der Waals surface area contributed by atoms with Crippen molar-refractivity contribution in [2.45, 2.75) is 6.17 Å². The Morgan fingerprint density at radius 2 is 1.23 bits per heavy atom. The first-order valence-corrected chi connectivity index (χ1v) is 19.8. The molecule has 1 unspecified atom stereocenters. The number of hydrogen-bond acceptors (Lipinski definition) is 4. The highest BCUT2D eigenvalue weighted by atomic mass is 28.3. The number of para-hydroxylation sites is 1. The van der Waals surface area contributed by atoms with Crippen LogP contribution in [0.3, 0.4) is 0 Å². The number of anilines is 3. The number of halogens is 1. The van der Waals surface area contributed by atoms with Gasteiger partial charge in [-0.1, -0.05) is 121 Å². The van der Waals surface area contributed by atoms with Crippen molar-refractivity contribution < 1.29 is 8.81 Å². The molecular formula is C47H32FN3OSi. The van der Waals surface area contributed by atoms with Crippen LogP contribution < -0.4 is 25.6 Å². The van der Waals surface area contributed by atoms with Crippen LogP contribution in [0.25, 0.3) is 33.2 Å². The van der Waals surface area contributed by atoms with Crippen LogP contribution >= 0.6 is 0 Å². The molecule has 0 bridgehead atoms. The smallest absolute Gasteiger partial charge is 0.186 e. The van der Waals surface area contributed by atoms with E-state index in [0.29, 0.717) is 11.1 Å². The second-order valence-corrected chi connectivity index (χ2v) is 17.2. The lowest BCUT2D eigenvalue weighted by Gasteiger charge is -2.44. The Hall–Kier alpha value is -6.63. The van der Waals surface area contributed by atoms with Gasteiger partial charge in [0.2, 0.25) is 0 Å². The van der Waals surface area contributed by atoms with Crippen LogP contribution in [0.1, 0.15) is 17.3 Å². The fraction of sp³-hybridized carbons (Fsp3) is 0.0213. The van der Waals surface area contributed by atoms with E-state index in [4.69, 9.17) is 9.40 Å². The van der Waals surface area contributed by atoms with Gasteiger partial charge in [-0.05, 0) is 80.4 Å². The highest BCUT2D eigenvalue weighted by molar-refractivity contribution is 7.21. The lowest BCUT2D eigenvalue weighted by atomic mass is 9.99. The minimum absolute atomic E-state index is 0.560. The molecule has 0 amide bonds. The van der Waals surface area contributed by atoms with E-state index in [-0.39, 0.29) is 0 Å². The summed E-state index contributed by atoms with van der Waals surface area (Å²) in [4.78, 5) is 11.8. The van der Waals surface area contributed by atoms with Crippen LogP contribution in [-0.2, 0) is 0 Å². The summed E-state index contributed by atoms with van der Waals surface area (Å²) < 4.78 is 23.3. The molecule has 0 saturated carbocycles. The van der Waals surface area contributed by atoms with Gasteiger partial charge in [0.05, 0.1) is 11.4 Å². The molecule has 0 spiro atoms. The molecule has 10 rings (SSSR count). The van der Waals surface area contributed by atoms with Gasteiger partial charge in [-0.3, -0.25) is 9.88 Å². The zero-order chi connectivity index (χ0) is 35.4. The number of aromatic nitrogens is 2. The molecule has 0 radical (unpaired) electrons. The van der Waals surface area contributed by atoms with Crippen LogP contribution in [-0.4, -0.2) is 18.0 Å². The lowest BCUT2D eigenvalue weighted by Crippen LogP contribution is -2.77. The van der Waals surface area contributed by atoms with Gasteiger partial charge in [-0.15, -0.1) is 0 Å². The van der Waals surface area contributed by atoms with Gasteiger partial charge in [0.1, 0.15) is 17.0 Å². The Balaban J connectivity index is 1.22. The first-order chi connectivity index (χ1) is 26.2. The summed E-state index contributed by atoms with van der Waals surface area (Å²) in [5, 5.41) is 7.06. The maximum Gasteiger partial charge on any atom is 0.186 e. The Kier molecular flexibility index (Phi) is 7.37. The minimum atomic E-state index is -2.98. The van der Waals surface area contributed by atoms with E-state index in [0.717, 1.165) is 50.4 Å². The van der Waals surface area contributed by atoms with Crippen molar-refractivity contribution in [3.05, 3.63) is 199 Å².